The molecule has 2 aliphatic heterocycles. The molecule has 2 aromatic rings. The second kappa shape index (κ2) is 8.79. The number of rotatable bonds is 6. The fraction of sp³-hybridized carbons (Fsp3) is 0.375. The fourth-order valence-electron chi connectivity index (χ4n) is 4.32. The van der Waals surface area contributed by atoms with Crippen molar-refractivity contribution in [2.24, 2.45) is 5.92 Å². The number of pyridine rings is 1. The van der Waals surface area contributed by atoms with Crippen LogP contribution in [-0.2, 0) is 16.1 Å². The summed E-state index contributed by atoms with van der Waals surface area (Å²) in [7, 11) is 3.12. The largest absolute Gasteiger partial charge is 0.493 e. The van der Waals surface area contributed by atoms with Crippen LogP contribution in [0.5, 0.6) is 11.5 Å². The maximum atomic E-state index is 13.5. The maximum Gasteiger partial charge on any atom is 0.278 e. The van der Waals surface area contributed by atoms with Gasteiger partial charge < -0.3 is 14.4 Å². The van der Waals surface area contributed by atoms with Gasteiger partial charge in [0.25, 0.3) is 11.8 Å². The van der Waals surface area contributed by atoms with Crippen molar-refractivity contribution < 1.29 is 19.1 Å². The van der Waals surface area contributed by atoms with Gasteiger partial charge in [-0.1, -0.05) is 19.1 Å². The van der Waals surface area contributed by atoms with E-state index in [9.17, 15) is 9.59 Å². The molecule has 1 unspecified atom stereocenters. The number of amides is 2. The average molecular weight is 421 g/mol. The van der Waals surface area contributed by atoms with Gasteiger partial charge in [-0.05, 0) is 48.1 Å². The third-order valence-corrected chi connectivity index (χ3v) is 5.85. The van der Waals surface area contributed by atoms with Crippen LogP contribution in [0.2, 0.25) is 0 Å². The molecule has 0 N–H and O–H groups in total. The van der Waals surface area contributed by atoms with Crippen molar-refractivity contribution in [3.63, 3.8) is 0 Å². The lowest BCUT2D eigenvalue weighted by atomic mass is 9.97. The molecular formula is C24H27N3O4. The van der Waals surface area contributed by atoms with Gasteiger partial charge in [0.2, 0.25) is 0 Å². The van der Waals surface area contributed by atoms with E-state index in [2.05, 4.69) is 16.8 Å². The summed E-state index contributed by atoms with van der Waals surface area (Å²) in [5.41, 5.74) is 2.36. The molecule has 4 rings (SSSR count). The molecule has 2 aliphatic rings. The predicted octanol–water partition coefficient (Wildman–Crippen LogP) is 3.11. The number of hydrogen-bond donors (Lipinski definition) is 0. The summed E-state index contributed by atoms with van der Waals surface area (Å²) < 4.78 is 10.8. The van der Waals surface area contributed by atoms with E-state index < -0.39 is 0 Å². The molecule has 7 nitrogen and oxygen atoms in total. The van der Waals surface area contributed by atoms with Crippen LogP contribution in [0.4, 0.5) is 0 Å². The highest BCUT2D eigenvalue weighted by Gasteiger charge is 2.42. The summed E-state index contributed by atoms with van der Waals surface area (Å²) in [5.74, 6) is 0.999. The van der Waals surface area contributed by atoms with Gasteiger partial charge in [0.15, 0.2) is 11.5 Å². The zero-order valence-electron chi connectivity index (χ0n) is 18.1. The highest BCUT2D eigenvalue weighted by Crippen LogP contribution is 2.38. The van der Waals surface area contributed by atoms with E-state index in [4.69, 9.17) is 9.47 Å². The first-order valence-corrected chi connectivity index (χ1v) is 10.5. The molecule has 1 aromatic heterocycles. The van der Waals surface area contributed by atoms with Gasteiger partial charge in [-0.15, -0.1) is 0 Å². The molecule has 7 heteroatoms. The number of carbonyl (C=O) groups is 2. The number of benzene rings is 1. The lowest BCUT2D eigenvalue weighted by Crippen LogP contribution is -2.39. The topological polar surface area (TPSA) is 72.0 Å². The Morgan fingerprint density at radius 1 is 1.10 bits per heavy atom. The van der Waals surface area contributed by atoms with Crippen LogP contribution in [0.1, 0.15) is 30.9 Å². The van der Waals surface area contributed by atoms with Crippen molar-refractivity contribution in [1.82, 2.24) is 14.8 Å². The number of nitrogens with zero attached hydrogens (tertiary/aromatic N) is 3. The van der Waals surface area contributed by atoms with Crippen LogP contribution in [-0.4, -0.2) is 53.9 Å². The summed E-state index contributed by atoms with van der Waals surface area (Å²) in [6.07, 6.45) is 5.47. The molecule has 0 spiro atoms. The van der Waals surface area contributed by atoms with E-state index in [0.717, 1.165) is 31.5 Å². The first kappa shape index (κ1) is 20.9. The van der Waals surface area contributed by atoms with E-state index in [1.807, 2.05) is 12.1 Å². The lowest BCUT2D eigenvalue weighted by Gasteiger charge is -2.33. The number of aromatic nitrogens is 1. The zero-order valence-corrected chi connectivity index (χ0v) is 18.1. The van der Waals surface area contributed by atoms with Crippen LogP contribution in [0, 0.1) is 5.92 Å². The van der Waals surface area contributed by atoms with Gasteiger partial charge in [-0.3, -0.25) is 19.5 Å². The van der Waals surface area contributed by atoms with Gasteiger partial charge in [-0.2, -0.15) is 0 Å². The first-order chi connectivity index (χ1) is 15.0. The van der Waals surface area contributed by atoms with Crippen molar-refractivity contribution in [2.45, 2.75) is 26.3 Å². The number of piperidine rings is 1. The van der Waals surface area contributed by atoms with E-state index >= 15 is 0 Å². The summed E-state index contributed by atoms with van der Waals surface area (Å²) in [5, 5.41) is 0. The number of hydrogen-bond acceptors (Lipinski definition) is 6. The minimum atomic E-state index is -0.297. The molecule has 3 heterocycles. The van der Waals surface area contributed by atoms with Crippen LogP contribution < -0.4 is 9.47 Å². The Balaban J connectivity index is 1.78. The van der Waals surface area contributed by atoms with Crippen molar-refractivity contribution in [2.75, 3.05) is 27.3 Å². The number of ether oxygens (including phenoxy) is 2. The number of likely N-dealkylation sites (tertiary alicyclic amines) is 1. The highest BCUT2D eigenvalue weighted by molar-refractivity contribution is 6.35. The van der Waals surface area contributed by atoms with Gasteiger partial charge in [0, 0.05) is 25.5 Å². The van der Waals surface area contributed by atoms with Crippen LogP contribution in [0.25, 0.3) is 5.57 Å². The Bertz CT molecular complexity index is 1020. The Morgan fingerprint density at radius 3 is 2.58 bits per heavy atom. The van der Waals surface area contributed by atoms with Crippen molar-refractivity contribution in [3.05, 3.63) is 59.5 Å². The molecule has 0 radical (unpaired) electrons. The predicted molar refractivity (Wildman–Crippen MR) is 116 cm³/mol. The van der Waals surface area contributed by atoms with E-state index in [1.54, 1.807) is 44.8 Å². The highest BCUT2D eigenvalue weighted by atomic mass is 16.5. The van der Waals surface area contributed by atoms with Gasteiger partial charge in [0.1, 0.15) is 5.70 Å². The number of methoxy groups -OCH3 is 2. The van der Waals surface area contributed by atoms with Crippen molar-refractivity contribution >= 4 is 17.4 Å². The minimum Gasteiger partial charge on any atom is -0.493 e. The molecule has 1 fully saturated rings. The Hall–Kier alpha value is -3.35. The third kappa shape index (κ3) is 4.00. The van der Waals surface area contributed by atoms with E-state index in [-0.39, 0.29) is 18.4 Å². The van der Waals surface area contributed by atoms with Crippen molar-refractivity contribution in [3.8, 4) is 11.5 Å². The molecule has 1 atom stereocenters. The summed E-state index contributed by atoms with van der Waals surface area (Å²) in [6, 6.07) is 9.00. The van der Waals surface area contributed by atoms with Crippen LogP contribution >= 0.6 is 0 Å². The maximum absolute atomic E-state index is 13.5. The fourth-order valence-corrected chi connectivity index (χ4v) is 4.32. The summed E-state index contributed by atoms with van der Waals surface area (Å²) >= 11 is 0. The molecule has 1 saturated heterocycles. The monoisotopic (exact) mass is 421 g/mol. The Morgan fingerprint density at radius 2 is 1.90 bits per heavy atom. The van der Waals surface area contributed by atoms with Gasteiger partial charge in [-0.25, -0.2) is 0 Å². The summed E-state index contributed by atoms with van der Waals surface area (Å²) in [4.78, 5) is 34.6. The second-order valence-electron chi connectivity index (χ2n) is 8.04. The molecule has 0 aliphatic carbocycles. The first-order valence-electron chi connectivity index (χ1n) is 10.5. The van der Waals surface area contributed by atoms with E-state index in [0.29, 0.717) is 34.3 Å². The molecule has 2 amide bonds. The van der Waals surface area contributed by atoms with Crippen LogP contribution in [0.15, 0.2) is 48.4 Å². The molecule has 162 valence electrons. The van der Waals surface area contributed by atoms with Crippen LogP contribution in [0.3, 0.4) is 0 Å². The number of imide groups is 1. The van der Waals surface area contributed by atoms with E-state index in [1.165, 1.54) is 4.90 Å². The number of carbonyl (C=O) groups excluding carboxylic acids is 2. The Labute approximate surface area is 182 Å². The average Bonchev–Trinajstić information content (AvgIpc) is 3.04. The Kier molecular flexibility index (Phi) is 5.93. The standard InChI is InChI=1S/C24H27N3O4/c1-16-6-5-11-26(14-16)22-21(18-8-9-19(30-2)20(12-18)31-3)23(28)27(24(22)29)15-17-7-4-10-25-13-17/h4,7-10,12-13,16H,5-6,11,14-15H2,1-3H3. The SMILES string of the molecule is COc1ccc(C2=C(N3CCCC(C)C3)C(=O)N(Cc3cccnc3)C2=O)cc1OC. The molecular weight excluding hydrogens is 394 g/mol. The zero-order chi connectivity index (χ0) is 22.0. The molecule has 1 aromatic carbocycles. The van der Waals surface area contributed by atoms with Crippen molar-refractivity contribution in [1.29, 1.82) is 0 Å². The second-order valence-corrected chi connectivity index (χ2v) is 8.04. The third-order valence-electron chi connectivity index (χ3n) is 5.85. The smallest absolute Gasteiger partial charge is 0.278 e. The molecule has 0 bridgehead atoms. The van der Waals surface area contributed by atoms with Gasteiger partial charge >= 0.3 is 0 Å². The lowest BCUT2D eigenvalue weighted by molar-refractivity contribution is -0.138. The minimum absolute atomic E-state index is 0.190. The molecule has 0 saturated carbocycles. The molecule has 31 heavy (non-hydrogen) atoms. The summed E-state index contributed by atoms with van der Waals surface area (Å²) in [6.45, 7) is 3.88. The normalized spacial score (nSPS) is 19.3. The van der Waals surface area contributed by atoms with Gasteiger partial charge in [0.05, 0.1) is 26.3 Å². The quantitative estimate of drug-likeness (QED) is 0.668.